The van der Waals surface area contributed by atoms with E-state index in [4.69, 9.17) is 27.9 Å². The van der Waals surface area contributed by atoms with Gasteiger partial charge in [0, 0.05) is 107 Å². The van der Waals surface area contributed by atoms with Crippen LogP contribution in [0.2, 0.25) is 10.0 Å². The third-order valence-corrected chi connectivity index (χ3v) is 20.7. The first-order valence-electron chi connectivity index (χ1n) is 38.3. The van der Waals surface area contributed by atoms with E-state index in [-0.39, 0.29) is 17.9 Å². The molecule has 7 heterocycles. The van der Waals surface area contributed by atoms with Gasteiger partial charge in [-0.1, -0.05) is 145 Å². The lowest BCUT2D eigenvalue weighted by atomic mass is 10.2. The summed E-state index contributed by atoms with van der Waals surface area (Å²) in [5.74, 6) is 0.981. The Morgan fingerprint density at radius 2 is 0.595 bits per heavy atom. The van der Waals surface area contributed by atoms with Crippen LogP contribution in [0.4, 0.5) is 0 Å². The van der Waals surface area contributed by atoms with Crippen molar-refractivity contribution >= 4 is 198 Å². The molecule has 0 spiro atoms. The van der Waals surface area contributed by atoms with Gasteiger partial charge in [-0.2, -0.15) is 37.5 Å². The number of rotatable bonds is 4. The highest BCUT2D eigenvalue weighted by atomic mass is 35.5. The molecule has 21 aromatic rings. The van der Waals surface area contributed by atoms with Crippen molar-refractivity contribution in [3.05, 3.63) is 356 Å². The summed E-state index contributed by atoms with van der Waals surface area (Å²) in [4.78, 5) is 26.9. The van der Waals surface area contributed by atoms with Gasteiger partial charge in [0.2, 0.25) is 64.9 Å². The van der Waals surface area contributed by atoms with Crippen LogP contribution in [0.25, 0.3) is 154 Å². The minimum absolute atomic E-state index is 0.0914. The first kappa shape index (κ1) is 88.8. The fourth-order valence-electron chi connectivity index (χ4n) is 13.4. The van der Waals surface area contributed by atoms with Crippen LogP contribution in [0.1, 0.15) is 18.1 Å². The second-order valence-corrected chi connectivity index (χ2v) is 30.7. The van der Waals surface area contributed by atoms with Gasteiger partial charge in [0.1, 0.15) is 64.0 Å². The maximum absolute atomic E-state index is 12.3. The highest BCUT2D eigenvalue weighted by Crippen LogP contribution is 2.27. The summed E-state index contributed by atoms with van der Waals surface area (Å²) < 4.78 is 77.6. The molecule has 0 atom stereocenters. The Morgan fingerprint density at radius 3 is 1.05 bits per heavy atom. The number of hydrogen-bond donors (Lipinski definition) is 1. The molecule has 0 unspecified atom stereocenters. The molecule has 0 aliphatic rings. The number of methoxy groups -OCH3 is 1. The number of aromatic hydroxyl groups is 1. The molecule has 7 aromatic heterocycles. The van der Waals surface area contributed by atoms with E-state index >= 15 is 0 Å². The topological polar surface area (TPSA) is 409 Å². The average Bonchev–Trinajstić information content (AvgIpc) is 0.737. The highest BCUT2D eigenvalue weighted by molar-refractivity contribution is 7.81. The molecule has 0 saturated carbocycles. The van der Waals surface area contributed by atoms with Gasteiger partial charge in [-0.05, 0) is 117 Å². The number of nitrogens with zero attached hydrogens (tertiary/aromatic N) is 14. The zero-order chi connectivity index (χ0) is 89.7. The Labute approximate surface area is 728 Å². The van der Waals surface area contributed by atoms with Gasteiger partial charge in [0.25, 0.3) is 44.1 Å². The number of benzene rings is 14. The van der Waals surface area contributed by atoms with E-state index < -0.39 is 20.8 Å². The van der Waals surface area contributed by atoms with Crippen molar-refractivity contribution in [2.24, 2.45) is 14.1 Å². The van der Waals surface area contributed by atoms with Gasteiger partial charge in [-0.15, -0.1) is 0 Å². The molecule has 634 valence electrons. The number of hydrogen-bond acceptors (Lipinski definition) is 22. The molecule has 0 saturated heterocycles. The van der Waals surface area contributed by atoms with E-state index in [0.29, 0.717) is 92.8 Å². The van der Waals surface area contributed by atoms with E-state index in [1.54, 1.807) is 128 Å². The van der Waals surface area contributed by atoms with E-state index in [2.05, 4.69) is 78.7 Å². The lowest BCUT2D eigenvalue weighted by molar-refractivity contribution is -0.618. The van der Waals surface area contributed by atoms with Gasteiger partial charge in [-0.25, -0.2) is 46.7 Å². The standard InChI is InChI=1S/C14H13N2O.C13H9ClN2O2.C13H9ClN2O.C13H11N2.C12H8N2O2.2C12H8N2O.C2H6O4S.CH4O4S/c1-16-11-7-4-3-6-10(11)15-14-12(16)8-5-9-13(14)17-2;1-8-2-4-10-12(6-8)16(18)13-7-9(14)3-5-11(13)15(10)17;1-8-2-4-10-12(6-8)16(17)13-7-9(14)3-5-11(13)15-10;1-15-12-8-4-2-6-10(12)14-11-7-3-5-9-13(11)15;15-13-9-5-1-2-6-10(9)14(16)12-8-4-3-7-11(12)13;15-14-11-7-3-1-5-9(11)13-10-6-2-4-8-12(10)14;15-11-7-3-6-10-12(11)14-9-5-2-1-4-8(9)13-10;1-2-6-7(3,4)5;1-5-6(2,3)4/h3-9H,1-2H3;2-7H,1H3;2-7H,1H3;2-9H,1H3;1-8H;1-8H;1-7,15H;2H2,1H3,(H,3,4,5);1H3,(H,2,3,4)/q+1;;;+1;;;;;/p-2. The molecule has 14 aromatic carbocycles. The number of phenols is 1. The number of para-hydroxylation sites is 18. The first-order chi connectivity index (χ1) is 60.5. The van der Waals surface area contributed by atoms with Crippen molar-refractivity contribution < 1.29 is 81.7 Å². The number of halogens is 2. The molecule has 30 nitrogen and oxygen atoms in total. The SMILES string of the molecule is CCOS(=O)(=O)[O-].COS(=O)(=O)[O-].COc1cccc2c1nc1ccccc1[n+]2C.C[n+]1c2ccccc2nc2ccccc21.Cc1ccc2c(c1)[n+]([O-])c1cc(Cl)ccc1[n+]2[O-].Cc1ccc2nc3ccc(Cl)cc3[n+]([O-])c2c1.Oc1cccc2nc3ccccc3nc12.[O-][n+]1c2ccccc2[n+]([O-])c2ccccc21.[O-][n+]1c2ccccc2nc2ccccc21. The monoisotopic (exact) mass is 1760 g/mol. The Bertz CT molecular complexity index is 7470. The van der Waals surface area contributed by atoms with Crippen molar-refractivity contribution in [1.82, 2.24) is 29.9 Å². The summed E-state index contributed by atoms with van der Waals surface area (Å²) in [6, 6.07) is 92.1. The predicted octanol–water partition coefficient (Wildman–Crippen LogP) is 14.0. The number of aromatic nitrogens is 14. The fourth-order valence-corrected chi connectivity index (χ4v) is 14.0. The molecule has 34 heteroatoms. The molecule has 0 radical (unpaired) electrons. The normalized spacial score (nSPS) is 11.1. The quantitative estimate of drug-likeness (QED) is 0.0562. The molecule has 0 amide bonds. The summed E-state index contributed by atoms with van der Waals surface area (Å²) in [6.45, 7) is 5.15. The summed E-state index contributed by atoms with van der Waals surface area (Å²) >= 11 is 11.8. The molecule has 1 N–H and O–H groups in total. The molecule has 0 aliphatic carbocycles. The molecule has 21 rings (SSSR count). The molecule has 126 heavy (non-hydrogen) atoms. The fraction of sp³-hybridized carbons (Fsp3) is 0.0870. The third-order valence-electron chi connectivity index (χ3n) is 19.3. The van der Waals surface area contributed by atoms with Crippen LogP contribution in [0, 0.1) is 45.1 Å². The van der Waals surface area contributed by atoms with Crippen molar-refractivity contribution in [1.29, 1.82) is 0 Å². The van der Waals surface area contributed by atoms with Crippen LogP contribution >= 0.6 is 23.2 Å². The van der Waals surface area contributed by atoms with Crippen LogP contribution in [0.3, 0.4) is 0 Å². The van der Waals surface area contributed by atoms with Gasteiger partial charge < -0.3 is 50.2 Å². The van der Waals surface area contributed by atoms with E-state index in [1.165, 1.54) is 13.0 Å². The first-order valence-corrected chi connectivity index (χ1v) is 41.7. The Morgan fingerprint density at radius 1 is 0.310 bits per heavy atom. The summed E-state index contributed by atoms with van der Waals surface area (Å²) in [6.07, 6.45) is 0. The van der Waals surface area contributed by atoms with Gasteiger partial charge in [0.05, 0.1) is 37.4 Å². The Balaban J connectivity index is 0.000000123. The molecule has 0 bridgehead atoms. The van der Waals surface area contributed by atoms with Crippen LogP contribution in [0.15, 0.2) is 303 Å². The minimum Gasteiger partial charge on any atom is -0.726 e. The Kier molecular flexibility index (Phi) is 27.5. The number of phenolic OH excluding ortho intramolecular Hbond substituents is 1. The van der Waals surface area contributed by atoms with Crippen molar-refractivity contribution in [2.45, 2.75) is 20.8 Å². The number of aryl methyl sites for hydroxylation is 4. The van der Waals surface area contributed by atoms with Crippen LogP contribution in [0.5, 0.6) is 11.5 Å². The summed E-state index contributed by atoms with van der Waals surface area (Å²) in [5.41, 5.74) is 21.3. The average molecular weight is 1770 g/mol. The zero-order valence-electron chi connectivity index (χ0n) is 68.0. The van der Waals surface area contributed by atoms with Crippen LogP contribution < -0.4 is 42.3 Å². The maximum Gasteiger partial charge on any atom is 0.292 e. The number of ether oxygens (including phenoxy) is 1. The van der Waals surface area contributed by atoms with Crippen molar-refractivity contribution in [2.75, 3.05) is 20.8 Å². The van der Waals surface area contributed by atoms with Gasteiger partial charge in [0.15, 0.2) is 11.3 Å². The summed E-state index contributed by atoms with van der Waals surface area (Å²) in [7, 11) is -2.23. The van der Waals surface area contributed by atoms with Crippen molar-refractivity contribution in [3.63, 3.8) is 0 Å². The smallest absolute Gasteiger partial charge is 0.292 e. The largest absolute Gasteiger partial charge is 0.726 e. The van der Waals surface area contributed by atoms with Gasteiger partial charge >= 0.3 is 0 Å². The lowest BCUT2D eigenvalue weighted by Crippen LogP contribution is -2.39. The molecule has 0 aliphatic heterocycles. The maximum atomic E-state index is 12.3. The van der Waals surface area contributed by atoms with Crippen LogP contribution in [-0.4, -0.2) is 81.8 Å². The van der Waals surface area contributed by atoms with Gasteiger partial charge in [-0.3, -0.25) is 8.37 Å². The van der Waals surface area contributed by atoms with Crippen LogP contribution in [-0.2, 0) is 43.3 Å². The molecular weight excluding hydrogens is 1690 g/mol. The minimum atomic E-state index is -4.42. The molecular formula is C92H74Cl2N14O16S2. The van der Waals surface area contributed by atoms with E-state index in [1.807, 2.05) is 173 Å². The second-order valence-electron chi connectivity index (χ2n) is 27.6. The van der Waals surface area contributed by atoms with E-state index in [0.717, 1.165) is 119 Å². The summed E-state index contributed by atoms with van der Waals surface area (Å²) in [5, 5.41) is 83.2. The predicted molar refractivity (Wildman–Crippen MR) is 479 cm³/mol. The Hall–Kier alpha value is -15.0. The molecule has 0 fully saturated rings. The zero-order valence-corrected chi connectivity index (χ0v) is 71.1. The van der Waals surface area contributed by atoms with E-state index in [9.17, 15) is 62.3 Å². The van der Waals surface area contributed by atoms with Crippen molar-refractivity contribution in [3.8, 4) is 11.5 Å². The third kappa shape index (κ3) is 20.3. The highest BCUT2D eigenvalue weighted by Gasteiger charge is 2.24. The second kappa shape index (κ2) is 39.0. The number of fused-ring (bicyclic) bond motifs is 14. The lowest BCUT2D eigenvalue weighted by Gasteiger charge is -2.07.